The van der Waals surface area contributed by atoms with Gasteiger partial charge in [0.1, 0.15) is 12.1 Å². The van der Waals surface area contributed by atoms with Gasteiger partial charge in [0, 0.05) is 7.05 Å². The maximum absolute atomic E-state index is 12.5. The number of hydrogen-bond acceptors (Lipinski definition) is 4. The first-order valence-electron chi connectivity index (χ1n) is 6.28. The molecule has 0 aromatic rings. The molecule has 0 bridgehead atoms. The van der Waals surface area contributed by atoms with Gasteiger partial charge in [0.05, 0.1) is 7.11 Å². The lowest BCUT2D eigenvalue weighted by molar-refractivity contribution is -0.155. The molecule has 5 nitrogen and oxygen atoms in total. The van der Waals surface area contributed by atoms with Crippen LogP contribution in [0.15, 0.2) is 0 Å². The second-order valence-electron chi connectivity index (χ2n) is 6.07. The minimum atomic E-state index is -0.618. The Morgan fingerprint density at radius 1 is 1.26 bits per heavy atom. The maximum atomic E-state index is 12.5. The summed E-state index contributed by atoms with van der Waals surface area (Å²) < 4.78 is 4.76. The Hall–Kier alpha value is -0.810. The summed E-state index contributed by atoms with van der Waals surface area (Å²) >= 11 is 5.68. The Morgan fingerprint density at radius 3 is 2.00 bits per heavy atom. The third kappa shape index (κ3) is 4.66. The SMILES string of the molecule is COC(=O)[C@H](C(C)C)N(C)C(=O)C(NCl)C(C)(C)C. The predicted octanol–water partition coefficient (Wildman–Crippen LogP) is 1.80. The van der Waals surface area contributed by atoms with E-state index in [9.17, 15) is 9.59 Å². The first kappa shape index (κ1) is 18.2. The molecule has 0 aliphatic heterocycles. The predicted molar refractivity (Wildman–Crippen MR) is 75.6 cm³/mol. The van der Waals surface area contributed by atoms with Gasteiger partial charge in [-0.2, -0.15) is 0 Å². The molecule has 0 saturated carbocycles. The quantitative estimate of drug-likeness (QED) is 0.620. The van der Waals surface area contributed by atoms with Gasteiger partial charge in [0.25, 0.3) is 0 Å². The number of amides is 1. The van der Waals surface area contributed by atoms with Crippen LogP contribution in [0.2, 0.25) is 0 Å². The number of carbonyl (C=O) groups excluding carboxylic acids is 2. The summed E-state index contributed by atoms with van der Waals surface area (Å²) in [6, 6.07) is -1.20. The number of methoxy groups -OCH3 is 1. The van der Waals surface area contributed by atoms with E-state index in [0.29, 0.717) is 0 Å². The van der Waals surface area contributed by atoms with Crippen molar-refractivity contribution < 1.29 is 14.3 Å². The van der Waals surface area contributed by atoms with E-state index >= 15 is 0 Å². The Morgan fingerprint density at radius 2 is 1.74 bits per heavy atom. The van der Waals surface area contributed by atoms with Gasteiger partial charge in [-0.1, -0.05) is 34.6 Å². The van der Waals surface area contributed by atoms with E-state index in [4.69, 9.17) is 16.5 Å². The first-order valence-corrected chi connectivity index (χ1v) is 6.66. The number of ether oxygens (including phenoxy) is 1. The fourth-order valence-electron chi connectivity index (χ4n) is 1.92. The molecule has 0 aliphatic carbocycles. The summed E-state index contributed by atoms with van der Waals surface area (Å²) in [4.78, 5) is 28.2. The van der Waals surface area contributed by atoms with E-state index in [1.54, 1.807) is 7.05 Å². The number of rotatable bonds is 5. The molecule has 6 heteroatoms. The average Bonchev–Trinajstić information content (AvgIpc) is 2.27. The zero-order chi connectivity index (χ0) is 15.4. The van der Waals surface area contributed by atoms with Crippen molar-refractivity contribution in [1.82, 2.24) is 9.74 Å². The second kappa shape index (κ2) is 7.10. The van der Waals surface area contributed by atoms with Crippen LogP contribution in [-0.2, 0) is 14.3 Å². The van der Waals surface area contributed by atoms with Gasteiger partial charge in [-0.3, -0.25) is 4.79 Å². The van der Waals surface area contributed by atoms with Crippen LogP contribution in [0.3, 0.4) is 0 Å². The molecule has 1 N–H and O–H groups in total. The smallest absolute Gasteiger partial charge is 0.328 e. The molecule has 1 amide bonds. The highest BCUT2D eigenvalue weighted by molar-refractivity contribution is 6.15. The van der Waals surface area contributed by atoms with Crippen molar-refractivity contribution >= 4 is 23.7 Å². The van der Waals surface area contributed by atoms with Crippen LogP contribution in [0.1, 0.15) is 34.6 Å². The normalized spacial score (nSPS) is 15.0. The first-order chi connectivity index (χ1) is 8.57. The van der Waals surface area contributed by atoms with Gasteiger partial charge in [-0.15, -0.1) is 0 Å². The van der Waals surface area contributed by atoms with E-state index < -0.39 is 18.1 Å². The molecule has 0 aliphatic rings. The maximum Gasteiger partial charge on any atom is 0.328 e. The van der Waals surface area contributed by atoms with E-state index in [2.05, 4.69) is 4.84 Å². The number of nitrogens with one attached hydrogen (secondary N) is 1. The molecular formula is C13H25ClN2O3. The van der Waals surface area contributed by atoms with Crippen molar-refractivity contribution in [2.24, 2.45) is 11.3 Å². The Kier molecular flexibility index (Phi) is 6.80. The largest absolute Gasteiger partial charge is 0.467 e. The monoisotopic (exact) mass is 292 g/mol. The summed E-state index contributed by atoms with van der Waals surface area (Å²) in [5.41, 5.74) is -0.356. The fraction of sp³-hybridized carbons (Fsp3) is 0.846. The molecule has 0 fully saturated rings. The molecule has 0 heterocycles. The molecule has 112 valence electrons. The summed E-state index contributed by atoms with van der Waals surface area (Å²) in [5.74, 6) is -0.697. The molecule has 0 aromatic heterocycles. The number of likely N-dealkylation sites (N-methyl/N-ethyl adjacent to an activating group) is 1. The Labute approximate surface area is 120 Å². The van der Waals surface area contributed by atoms with Crippen LogP contribution in [0.5, 0.6) is 0 Å². The number of nitrogens with zero attached hydrogens (tertiary/aromatic N) is 1. The molecule has 0 radical (unpaired) electrons. The lowest BCUT2D eigenvalue weighted by atomic mass is 9.86. The van der Waals surface area contributed by atoms with Crippen molar-refractivity contribution in [3.05, 3.63) is 0 Å². The Balaban J connectivity index is 5.20. The van der Waals surface area contributed by atoms with Crippen molar-refractivity contribution in [2.45, 2.75) is 46.7 Å². The third-order valence-electron chi connectivity index (χ3n) is 3.06. The third-order valence-corrected chi connectivity index (χ3v) is 3.28. The minimum Gasteiger partial charge on any atom is -0.467 e. The lowest BCUT2D eigenvalue weighted by Gasteiger charge is -2.35. The van der Waals surface area contributed by atoms with Crippen LogP contribution in [0, 0.1) is 11.3 Å². The summed E-state index contributed by atoms with van der Waals surface area (Å²) in [6.45, 7) is 9.45. The highest BCUT2D eigenvalue weighted by atomic mass is 35.5. The van der Waals surface area contributed by atoms with Crippen molar-refractivity contribution in [1.29, 1.82) is 0 Å². The van der Waals surface area contributed by atoms with E-state index in [0.717, 1.165) is 0 Å². The van der Waals surface area contributed by atoms with Gasteiger partial charge in [0.2, 0.25) is 5.91 Å². The van der Waals surface area contributed by atoms with Crippen LogP contribution >= 0.6 is 11.8 Å². The Bertz CT molecular complexity index is 326. The van der Waals surface area contributed by atoms with Crippen LogP contribution in [0.25, 0.3) is 0 Å². The molecular weight excluding hydrogens is 268 g/mol. The zero-order valence-electron chi connectivity index (χ0n) is 12.8. The van der Waals surface area contributed by atoms with Gasteiger partial charge >= 0.3 is 5.97 Å². The number of esters is 1. The van der Waals surface area contributed by atoms with Gasteiger partial charge in [0.15, 0.2) is 0 Å². The zero-order valence-corrected chi connectivity index (χ0v) is 13.5. The molecule has 19 heavy (non-hydrogen) atoms. The number of hydrogen-bond donors (Lipinski definition) is 1. The highest BCUT2D eigenvalue weighted by Gasteiger charge is 2.38. The molecule has 0 rings (SSSR count). The molecule has 0 spiro atoms. The second-order valence-corrected chi connectivity index (χ2v) is 6.29. The molecule has 2 atom stereocenters. The van der Waals surface area contributed by atoms with Gasteiger partial charge in [-0.05, 0) is 23.1 Å². The summed E-state index contributed by atoms with van der Waals surface area (Å²) in [5, 5.41) is 0. The van der Waals surface area contributed by atoms with Crippen LogP contribution in [0.4, 0.5) is 0 Å². The minimum absolute atomic E-state index is 0.0441. The fourth-order valence-corrected chi connectivity index (χ4v) is 2.34. The molecule has 1 unspecified atom stereocenters. The van der Waals surface area contributed by atoms with Crippen molar-refractivity contribution in [2.75, 3.05) is 14.2 Å². The average molecular weight is 293 g/mol. The van der Waals surface area contributed by atoms with Gasteiger partial charge < -0.3 is 9.64 Å². The van der Waals surface area contributed by atoms with Crippen molar-refractivity contribution in [3.63, 3.8) is 0 Å². The van der Waals surface area contributed by atoms with E-state index in [1.807, 2.05) is 34.6 Å². The van der Waals surface area contributed by atoms with Crippen LogP contribution < -0.4 is 4.84 Å². The number of halogens is 1. The number of carbonyl (C=O) groups is 2. The highest BCUT2D eigenvalue weighted by Crippen LogP contribution is 2.23. The summed E-state index contributed by atoms with van der Waals surface area (Å²) in [7, 11) is 2.91. The van der Waals surface area contributed by atoms with Crippen LogP contribution in [-0.4, -0.2) is 43.0 Å². The molecule has 0 saturated heterocycles. The summed E-state index contributed by atoms with van der Waals surface area (Å²) in [6.07, 6.45) is 0. The van der Waals surface area contributed by atoms with Crippen molar-refractivity contribution in [3.8, 4) is 0 Å². The van der Waals surface area contributed by atoms with E-state index in [-0.39, 0.29) is 17.2 Å². The topological polar surface area (TPSA) is 58.6 Å². The van der Waals surface area contributed by atoms with E-state index in [1.165, 1.54) is 12.0 Å². The molecule has 0 aromatic carbocycles. The lowest BCUT2D eigenvalue weighted by Crippen LogP contribution is -2.55. The van der Waals surface area contributed by atoms with Gasteiger partial charge in [-0.25, -0.2) is 9.63 Å². The standard InChI is InChI=1S/C13H25ClN2O3/c1-8(2)9(12(18)19-7)16(6)11(17)10(15-14)13(3,4)5/h8-10,15H,1-7H3/t9-,10?/m0/s1.